The topological polar surface area (TPSA) is 16.8 Å². The summed E-state index contributed by atoms with van der Waals surface area (Å²) in [7, 11) is 0. The van der Waals surface area contributed by atoms with Gasteiger partial charge in [0.1, 0.15) is 6.54 Å². The summed E-state index contributed by atoms with van der Waals surface area (Å²) in [5.74, 6) is 0. The summed E-state index contributed by atoms with van der Waals surface area (Å²) in [6.45, 7) is 1.08. The van der Waals surface area contributed by atoms with Crippen molar-refractivity contribution in [1.82, 2.24) is 4.98 Å². The Labute approximate surface area is 378 Å². The minimum absolute atomic E-state index is 0. The lowest BCUT2D eigenvalue weighted by Crippen LogP contribution is -3.00. The van der Waals surface area contributed by atoms with E-state index in [1.165, 1.54) is 105 Å². The van der Waals surface area contributed by atoms with Crippen molar-refractivity contribution in [3.8, 4) is 0 Å². The quantitative estimate of drug-likeness (QED) is 0.0433. The van der Waals surface area contributed by atoms with Crippen molar-refractivity contribution in [2.45, 2.75) is 70.8 Å². The maximum atomic E-state index is 4.48. The Morgan fingerprint density at radius 3 is 1.47 bits per heavy atom. The molecule has 0 bridgehead atoms. The molecule has 0 saturated carbocycles. The average Bonchev–Trinajstić information content (AvgIpc) is 3.27. The number of nitrogens with zero attached hydrogens (tertiary/aromatic N) is 2. The Morgan fingerprint density at radius 1 is 0.414 bits per heavy atom. The molecule has 296 valence electrons. The van der Waals surface area contributed by atoms with Crippen LogP contribution in [-0.4, -0.2) is 9.41 Å². The number of rotatable bonds is 15. The fourth-order valence-electron chi connectivity index (χ4n) is 7.21. The zero-order valence-electron chi connectivity index (χ0n) is 33.6. The van der Waals surface area contributed by atoms with Crippen LogP contribution in [0.15, 0.2) is 194 Å². The van der Waals surface area contributed by atoms with Gasteiger partial charge in [0.25, 0.3) is 0 Å². The van der Waals surface area contributed by atoms with E-state index < -0.39 is 0 Å². The van der Waals surface area contributed by atoms with E-state index in [0.29, 0.717) is 0 Å². The predicted octanol–water partition coefficient (Wildman–Crippen LogP) is 10.8. The molecule has 2 aromatic heterocycles. The van der Waals surface area contributed by atoms with Crippen molar-refractivity contribution >= 4 is 44.4 Å². The molecule has 0 aliphatic heterocycles. The molecule has 0 aliphatic rings. The van der Waals surface area contributed by atoms with Gasteiger partial charge in [0.15, 0.2) is 6.20 Å². The molecular formula is C54H56I2N2. The number of aromatic nitrogens is 2. The lowest BCUT2D eigenvalue weighted by molar-refractivity contribution is -0.672. The van der Waals surface area contributed by atoms with Crippen LogP contribution >= 0.6 is 22.6 Å². The smallest absolute Gasteiger partial charge is 0.212 e. The molecule has 8 rings (SSSR count). The lowest BCUT2D eigenvalue weighted by Gasteiger charge is -2.06. The molecule has 4 heteroatoms. The second-order valence-electron chi connectivity index (χ2n) is 14.7. The van der Waals surface area contributed by atoms with Crippen LogP contribution in [0.3, 0.4) is 0 Å². The van der Waals surface area contributed by atoms with Crippen LogP contribution in [0.2, 0.25) is 0 Å². The maximum Gasteiger partial charge on any atom is 0.212 e. The predicted molar refractivity (Wildman–Crippen MR) is 251 cm³/mol. The van der Waals surface area contributed by atoms with Gasteiger partial charge in [-0.05, 0) is 101 Å². The summed E-state index contributed by atoms with van der Waals surface area (Å²) in [6, 6.07) is 64.3. The summed E-state index contributed by atoms with van der Waals surface area (Å²) in [4.78, 5) is 4.48. The van der Waals surface area contributed by atoms with Gasteiger partial charge in [-0.25, -0.2) is 0 Å². The van der Waals surface area contributed by atoms with Crippen LogP contribution in [0, 0.1) is 0 Å². The average molecular weight is 987 g/mol. The summed E-state index contributed by atoms with van der Waals surface area (Å²) < 4.78 is 3.75. The van der Waals surface area contributed by atoms with E-state index in [1.54, 1.807) is 0 Å². The molecule has 0 amide bonds. The molecule has 6 aromatic carbocycles. The molecule has 0 saturated heterocycles. The summed E-state index contributed by atoms with van der Waals surface area (Å²) in [5, 5.41) is 2.54. The van der Waals surface area contributed by atoms with E-state index in [-0.39, 0.29) is 24.0 Å². The lowest BCUT2D eigenvalue weighted by atomic mass is 10.0. The highest BCUT2D eigenvalue weighted by Crippen LogP contribution is 2.17. The molecule has 2 nitrogen and oxygen atoms in total. The first-order valence-corrected chi connectivity index (χ1v) is 22.2. The van der Waals surface area contributed by atoms with E-state index in [0.717, 1.165) is 24.9 Å². The highest BCUT2D eigenvalue weighted by molar-refractivity contribution is 14.1. The molecular weight excluding hydrogens is 930 g/mol. The molecule has 0 atom stereocenters. The van der Waals surface area contributed by atoms with Crippen LogP contribution in [0.5, 0.6) is 0 Å². The van der Waals surface area contributed by atoms with Gasteiger partial charge >= 0.3 is 0 Å². The SMILES string of the molecule is ICCCCCc1ccccc1.[I-].c1ccc(CCCCC[n+]2cc(Cc3ccccc3)cc3ccccc32)cc1.c1ccc(Cc2cnc3ccccc3c2)cc1. The van der Waals surface area contributed by atoms with Crippen molar-refractivity contribution < 1.29 is 28.5 Å². The normalized spacial score (nSPS) is 10.5. The molecule has 0 N–H and O–H groups in total. The van der Waals surface area contributed by atoms with Crippen LogP contribution in [-0.2, 0) is 32.2 Å². The number of hydrogen-bond donors (Lipinski definition) is 0. The van der Waals surface area contributed by atoms with Gasteiger partial charge in [0.05, 0.1) is 5.52 Å². The van der Waals surface area contributed by atoms with Crippen LogP contribution in [0.4, 0.5) is 0 Å². The first-order valence-electron chi connectivity index (χ1n) is 20.7. The van der Waals surface area contributed by atoms with E-state index in [9.17, 15) is 0 Å². The van der Waals surface area contributed by atoms with Gasteiger partial charge < -0.3 is 24.0 Å². The van der Waals surface area contributed by atoms with Crippen LogP contribution < -0.4 is 28.5 Å². The number of pyridine rings is 2. The number of fused-ring (bicyclic) bond motifs is 2. The third-order valence-electron chi connectivity index (χ3n) is 10.2. The van der Waals surface area contributed by atoms with Gasteiger partial charge in [-0.3, -0.25) is 4.98 Å². The Balaban J connectivity index is 0.000000182. The number of benzene rings is 6. The van der Waals surface area contributed by atoms with Crippen LogP contribution in [0.25, 0.3) is 21.8 Å². The second-order valence-corrected chi connectivity index (χ2v) is 15.8. The number of unbranched alkanes of at least 4 members (excludes halogenated alkanes) is 4. The monoisotopic (exact) mass is 986 g/mol. The molecule has 0 aliphatic carbocycles. The maximum absolute atomic E-state index is 4.48. The largest absolute Gasteiger partial charge is 1.00 e. The van der Waals surface area contributed by atoms with Crippen LogP contribution in [0.1, 0.15) is 71.9 Å². The summed E-state index contributed by atoms with van der Waals surface area (Å²) in [5.41, 5.74) is 10.7. The summed E-state index contributed by atoms with van der Waals surface area (Å²) in [6.07, 6.45) is 16.5. The van der Waals surface area contributed by atoms with Crippen molar-refractivity contribution in [1.29, 1.82) is 0 Å². The zero-order chi connectivity index (χ0) is 39.2. The molecule has 2 heterocycles. The first-order chi connectivity index (χ1) is 28.2. The number of para-hydroxylation sites is 2. The van der Waals surface area contributed by atoms with E-state index in [4.69, 9.17) is 0 Å². The summed E-state index contributed by atoms with van der Waals surface area (Å²) >= 11 is 2.44. The van der Waals surface area contributed by atoms with E-state index >= 15 is 0 Å². The third kappa shape index (κ3) is 15.4. The van der Waals surface area contributed by atoms with Crippen molar-refractivity contribution in [3.05, 3.63) is 228 Å². The second kappa shape index (κ2) is 25.9. The Hall–Kier alpha value is -4.40. The fraction of sp³-hybridized carbons (Fsp3) is 0.222. The molecule has 0 unspecified atom stereocenters. The zero-order valence-corrected chi connectivity index (χ0v) is 37.9. The Kier molecular flexibility index (Phi) is 19.9. The number of alkyl halides is 1. The molecule has 0 spiro atoms. The fourth-order valence-corrected chi connectivity index (χ4v) is 7.75. The van der Waals surface area contributed by atoms with Gasteiger partial charge in [0.2, 0.25) is 5.52 Å². The van der Waals surface area contributed by atoms with Gasteiger partial charge in [-0.2, -0.15) is 4.57 Å². The van der Waals surface area contributed by atoms with Gasteiger partial charge in [-0.1, -0.05) is 181 Å². The van der Waals surface area contributed by atoms with Crippen molar-refractivity contribution in [2.75, 3.05) is 4.43 Å². The number of aryl methyl sites for hydroxylation is 3. The number of hydrogen-bond acceptors (Lipinski definition) is 1. The Morgan fingerprint density at radius 2 is 0.879 bits per heavy atom. The standard InChI is InChI=1S/C27H28N.C16H13N.C11H15I.HI/c1-4-12-23(13-5-1)14-8-3-11-19-28-22-25(20-24-15-6-2-7-16-24)21-26-17-9-10-18-27(26)28;1-2-6-13(7-3-1)10-14-11-15-8-4-5-9-16(15)17-12-14;12-10-6-2-5-9-11-7-3-1-4-8-11;/h1-2,4-7,9-10,12-13,15-18,21-22H,3,8,11,14,19-20H2;1-9,11-12H,10H2;1,3-4,7-8H,2,5-6,9-10H2;1H/q+1;;;/p-1. The highest BCUT2D eigenvalue weighted by atomic mass is 127. The number of halogens is 2. The molecule has 58 heavy (non-hydrogen) atoms. The third-order valence-corrected chi connectivity index (χ3v) is 11.0. The van der Waals surface area contributed by atoms with Gasteiger partial charge in [0, 0.05) is 41.4 Å². The van der Waals surface area contributed by atoms with E-state index in [2.05, 4.69) is 202 Å². The first kappa shape index (κ1) is 44.7. The molecule has 0 radical (unpaired) electrons. The van der Waals surface area contributed by atoms with E-state index in [1.807, 2.05) is 24.4 Å². The van der Waals surface area contributed by atoms with Crippen molar-refractivity contribution in [2.24, 2.45) is 0 Å². The minimum atomic E-state index is 0. The molecule has 8 aromatic rings. The Bertz CT molecular complexity index is 2310. The minimum Gasteiger partial charge on any atom is -1.00 e. The highest BCUT2D eigenvalue weighted by Gasteiger charge is 2.12. The molecule has 0 fully saturated rings. The van der Waals surface area contributed by atoms with Gasteiger partial charge in [-0.15, -0.1) is 0 Å². The van der Waals surface area contributed by atoms with Crippen molar-refractivity contribution in [3.63, 3.8) is 0 Å².